The number of aromatic nitrogens is 2. The second-order valence-electron chi connectivity index (χ2n) is 6.35. The molecule has 0 aliphatic heterocycles. The zero-order valence-electron chi connectivity index (χ0n) is 15.9. The molecule has 1 aromatic heterocycles. The van der Waals surface area contributed by atoms with Gasteiger partial charge in [0.05, 0.1) is 24.0 Å². The van der Waals surface area contributed by atoms with Gasteiger partial charge in [-0.15, -0.1) is 0 Å². The van der Waals surface area contributed by atoms with Gasteiger partial charge in [0.1, 0.15) is 11.4 Å². The lowest BCUT2D eigenvalue weighted by Gasteiger charge is -2.08. The molecule has 6 nitrogen and oxygen atoms in total. The average molecular weight is 384 g/mol. The van der Waals surface area contributed by atoms with Crippen molar-refractivity contribution in [3.63, 3.8) is 0 Å². The van der Waals surface area contributed by atoms with E-state index in [0.717, 1.165) is 22.7 Å². The van der Waals surface area contributed by atoms with Gasteiger partial charge in [-0.1, -0.05) is 36.4 Å². The van der Waals surface area contributed by atoms with Crippen LogP contribution in [0.1, 0.15) is 10.4 Å². The Morgan fingerprint density at radius 3 is 2.21 bits per heavy atom. The summed E-state index contributed by atoms with van der Waals surface area (Å²) < 4.78 is 6.94. The highest BCUT2D eigenvalue weighted by Crippen LogP contribution is 2.26. The average Bonchev–Trinajstić information content (AvgIpc) is 3.24. The molecule has 0 saturated heterocycles. The summed E-state index contributed by atoms with van der Waals surface area (Å²) in [6.07, 6.45) is 1.73. The van der Waals surface area contributed by atoms with E-state index in [2.05, 4.69) is 16.0 Å². The molecule has 1 amide bonds. The van der Waals surface area contributed by atoms with Gasteiger partial charge in [-0.25, -0.2) is 4.68 Å². The predicted molar refractivity (Wildman–Crippen MR) is 113 cm³/mol. The minimum absolute atomic E-state index is 0.276. The van der Waals surface area contributed by atoms with Crippen molar-refractivity contribution < 1.29 is 9.53 Å². The zero-order valence-corrected chi connectivity index (χ0v) is 15.9. The van der Waals surface area contributed by atoms with E-state index in [0.29, 0.717) is 11.3 Å². The van der Waals surface area contributed by atoms with Crippen LogP contribution in [0, 0.1) is 0 Å². The fourth-order valence-corrected chi connectivity index (χ4v) is 2.93. The summed E-state index contributed by atoms with van der Waals surface area (Å²) in [5, 5.41) is 4.67. The first kappa shape index (κ1) is 18.3. The second kappa shape index (κ2) is 8.31. The molecule has 0 saturated carbocycles. The molecule has 2 N–H and O–H groups in total. The van der Waals surface area contributed by atoms with Crippen LogP contribution < -0.4 is 15.6 Å². The van der Waals surface area contributed by atoms with Crippen molar-refractivity contribution in [3.8, 4) is 22.7 Å². The Bertz CT molecular complexity index is 1090. The van der Waals surface area contributed by atoms with Crippen LogP contribution in [0.25, 0.3) is 16.9 Å². The number of amides is 1. The summed E-state index contributed by atoms with van der Waals surface area (Å²) in [4.78, 5) is 12.9. The van der Waals surface area contributed by atoms with Gasteiger partial charge in [-0.2, -0.15) is 5.10 Å². The number of methoxy groups -OCH3 is 1. The van der Waals surface area contributed by atoms with Gasteiger partial charge in [0.25, 0.3) is 5.91 Å². The summed E-state index contributed by atoms with van der Waals surface area (Å²) in [5.74, 6) is 0.467. The molecule has 0 aliphatic rings. The van der Waals surface area contributed by atoms with Crippen molar-refractivity contribution >= 4 is 11.6 Å². The number of hydrogen-bond donors (Lipinski definition) is 2. The quantitative estimate of drug-likeness (QED) is 0.486. The van der Waals surface area contributed by atoms with Crippen LogP contribution in [0.15, 0.2) is 91.1 Å². The van der Waals surface area contributed by atoms with E-state index in [-0.39, 0.29) is 5.91 Å². The standard InChI is InChI=1S/C23H20N4O2/c1-29-20-14-12-17(13-15-20)22-21(16-27(26-22)19-10-6-3-7-11-19)23(28)25-24-18-8-4-2-5-9-18/h2-16,24H,1H3,(H,25,28). The first-order valence-electron chi connectivity index (χ1n) is 9.15. The highest BCUT2D eigenvalue weighted by Gasteiger charge is 2.18. The highest BCUT2D eigenvalue weighted by molar-refractivity contribution is 6.00. The Hall–Kier alpha value is -4.06. The maximum atomic E-state index is 12.9. The van der Waals surface area contributed by atoms with Gasteiger partial charge < -0.3 is 4.74 Å². The van der Waals surface area contributed by atoms with Crippen LogP contribution in [-0.2, 0) is 0 Å². The van der Waals surface area contributed by atoms with Crippen LogP contribution >= 0.6 is 0 Å². The van der Waals surface area contributed by atoms with Gasteiger partial charge in [0, 0.05) is 11.8 Å². The Morgan fingerprint density at radius 1 is 0.897 bits per heavy atom. The predicted octanol–water partition coefficient (Wildman–Crippen LogP) is 4.30. The number of carbonyl (C=O) groups excluding carboxylic acids is 1. The molecular formula is C23H20N4O2. The monoisotopic (exact) mass is 384 g/mol. The van der Waals surface area contributed by atoms with E-state index in [4.69, 9.17) is 4.74 Å². The van der Waals surface area contributed by atoms with E-state index in [1.54, 1.807) is 18.0 Å². The Kier molecular flexibility index (Phi) is 5.25. The normalized spacial score (nSPS) is 10.4. The zero-order chi connectivity index (χ0) is 20.1. The molecule has 0 bridgehead atoms. The van der Waals surface area contributed by atoms with Crippen molar-refractivity contribution in [2.75, 3.05) is 12.5 Å². The van der Waals surface area contributed by atoms with Crippen LogP contribution in [0.2, 0.25) is 0 Å². The smallest absolute Gasteiger partial charge is 0.273 e. The first-order valence-corrected chi connectivity index (χ1v) is 9.15. The van der Waals surface area contributed by atoms with Gasteiger partial charge in [-0.05, 0) is 48.5 Å². The van der Waals surface area contributed by atoms with Crippen LogP contribution in [0.4, 0.5) is 5.69 Å². The van der Waals surface area contributed by atoms with Gasteiger partial charge in [0.2, 0.25) is 0 Å². The van der Waals surface area contributed by atoms with Crippen LogP contribution in [0.3, 0.4) is 0 Å². The maximum absolute atomic E-state index is 12.9. The molecule has 4 aromatic rings. The summed E-state index contributed by atoms with van der Waals surface area (Å²) in [5.41, 5.74) is 9.22. The summed E-state index contributed by atoms with van der Waals surface area (Å²) >= 11 is 0. The number of para-hydroxylation sites is 2. The second-order valence-corrected chi connectivity index (χ2v) is 6.35. The van der Waals surface area contributed by atoms with E-state index in [1.165, 1.54) is 0 Å². The molecule has 3 aromatic carbocycles. The molecule has 29 heavy (non-hydrogen) atoms. The van der Waals surface area contributed by atoms with E-state index in [9.17, 15) is 4.79 Å². The molecule has 0 unspecified atom stereocenters. The number of rotatable bonds is 6. The molecule has 6 heteroatoms. The third kappa shape index (κ3) is 4.11. The van der Waals surface area contributed by atoms with E-state index < -0.39 is 0 Å². The molecule has 0 radical (unpaired) electrons. The number of ether oxygens (including phenoxy) is 1. The maximum Gasteiger partial charge on any atom is 0.273 e. The largest absolute Gasteiger partial charge is 0.497 e. The van der Waals surface area contributed by atoms with Gasteiger partial charge >= 0.3 is 0 Å². The minimum Gasteiger partial charge on any atom is -0.497 e. The summed E-state index contributed by atoms with van der Waals surface area (Å²) in [7, 11) is 1.62. The van der Waals surface area contributed by atoms with Crippen LogP contribution in [0.5, 0.6) is 5.75 Å². The number of hydrogen-bond acceptors (Lipinski definition) is 4. The van der Waals surface area contributed by atoms with E-state index >= 15 is 0 Å². The molecule has 0 aliphatic carbocycles. The molecule has 0 spiro atoms. The number of carbonyl (C=O) groups is 1. The van der Waals surface area contributed by atoms with Crippen molar-refractivity contribution in [2.24, 2.45) is 0 Å². The highest BCUT2D eigenvalue weighted by atomic mass is 16.5. The lowest BCUT2D eigenvalue weighted by Crippen LogP contribution is -2.29. The number of hydrazine groups is 1. The lowest BCUT2D eigenvalue weighted by molar-refractivity contribution is 0.0963. The van der Waals surface area contributed by atoms with Crippen molar-refractivity contribution in [2.45, 2.75) is 0 Å². The molecule has 4 rings (SSSR count). The number of nitrogens with zero attached hydrogens (tertiary/aromatic N) is 2. The molecule has 0 atom stereocenters. The third-order valence-corrected chi connectivity index (χ3v) is 4.44. The number of nitrogens with one attached hydrogen (secondary N) is 2. The fourth-order valence-electron chi connectivity index (χ4n) is 2.93. The Morgan fingerprint density at radius 2 is 1.55 bits per heavy atom. The van der Waals surface area contributed by atoms with E-state index in [1.807, 2.05) is 84.9 Å². The summed E-state index contributed by atoms with van der Waals surface area (Å²) in [6, 6.07) is 26.6. The molecule has 1 heterocycles. The van der Waals surface area contributed by atoms with Gasteiger partial charge in [0.15, 0.2) is 0 Å². The third-order valence-electron chi connectivity index (χ3n) is 4.44. The summed E-state index contributed by atoms with van der Waals surface area (Å²) in [6.45, 7) is 0. The molecule has 0 fully saturated rings. The topological polar surface area (TPSA) is 68.2 Å². The van der Waals surface area contributed by atoms with Crippen molar-refractivity contribution in [1.82, 2.24) is 15.2 Å². The fraction of sp³-hybridized carbons (Fsp3) is 0.0435. The van der Waals surface area contributed by atoms with Crippen LogP contribution in [-0.4, -0.2) is 22.8 Å². The molecule has 144 valence electrons. The SMILES string of the molecule is COc1ccc(-c2nn(-c3ccccc3)cc2C(=O)NNc2ccccc2)cc1. The number of anilines is 1. The Balaban J connectivity index is 1.68. The van der Waals surface area contributed by atoms with Gasteiger partial charge in [-0.3, -0.25) is 15.6 Å². The lowest BCUT2D eigenvalue weighted by atomic mass is 10.1. The minimum atomic E-state index is -0.276. The number of benzene rings is 3. The van der Waals surface area contributed by atoms with Crippen molar-refractivity contribution in [3.05, 3.63) is 96.7 Å². The Labute approximate surface area is 168 Å². The van der Waals surface area contributed by atoms with Crippen molar-refractivity contribution in [1.29, 1.82) is 0 Å². The molecular weight excluding hydrogens is 364 g/mol. The first-order chi connectivity index (χ1) is 14.2.